The maximum atomic E-state index is 12.5. The zero-order valence-electron chi connectivity index (χ0n) is 14.1. The van der Waals surface area contributed by atoms with Gasteiger partial charge in [-0.1, -0.05) is 39.5 Å². The summed E-state index contributed by atoms with van der Waals surface area (Å²) in [7, 11) is 0. The van der Waals surface area contributed by atoms with E-state index in [1.165, 1.54) is 19.3 Å². The van der Waals surface area contributed by atoms with Crippen LogP contribution < -0.4 is 5.73 Å². The van der Waals surface area contributed by atoms with E-state index in [1.54, 1.807) is 0 Å². The summed E-state index contributed by atoms with van der Waals surface area (Å²) in [6.45, 7) is 6.65. The van der Waals surface area contributed by atoms with Crippen LogP contribution in [0.2, 0.25) is 0 Å². The summed E-state index contributed by atoms with van der Waals surface area (Å²) >= 11 is 0. The number of hydrogen-bond acceptors (Lipinski definition) is 3. The molecule has 1 saturated heterocycles. The molecule has 2 atom stereocenters. The highest BCUT2D eigenvalue weighted by atomic mass is 16.2. The molecule has 1 aliphatic heterocycles. The molecule has 1 heterocycles. The summed E-state index contributed by atoms with van der Waals surface area (Å²) in [5.74, 6) is 0.768. The minimum absolute atomic E-state index is 0.0408. The Balaban J connectivity index is 1.82. The molecule has 2 aliphatic rings. The Morgan fingerprint density at radius 3 is 2.14 bits per heavy atom. The first-order valence-electron chi connectivity index (χ1n) is 8.87. The zero-order chi connectivity index (χ0) is 16.1. The molecule has 1 aliphatic carbocycles. The van der Waals surface area contributed by atoms with E-state index in [-0.39, 0.29) is 17.7 Å². The summed E-state index contributed by atoms with van der Waals surface area (Å²) in [6.07, 6.45) is 6.61. The summed E-state index contributed by atoms with van der Waals surface area (Å²) in [5.41, 5.74) is 6.04. The van der Waals surface area contributed by atoms with Crippen molar-refractivity contribution < 1.29 is 9.59 Å². The topological polar surface area (TPSA) is 66.6 Å². The maximum absolute atomic E-state index is 12.5. The molecule has 0 aromatic carbocycles. The van der Waals surface area contributed by atoms with E-state index in [9.17, 15) is 9.59 Å². The quantitative estimate of drug-likeness (QED) is 0.858. The Morgan fingerprint density at radius 2 is 1.59 bits per heavy atom. The van der Waals surface area contributed by atoms with Crippen molar-refractivity contribution in [2.75, 3.05) is 26.2 Å². The molecule has 22 heavy (non-hydrogen) atoms. The third-order valence-corrected chi connectivity index (χ3v) is 5.40. The molecule has 0 spiro atoms. The van der Waals surface area contributed by atoms with Crippen molar-refractivity contribution in [3.8, 4) is 0 Å². The maximum Gasteiger partial charge on any atom is 0.239 e. The van der Waals surface area contributed by atoms with Gasteiger partial charge in [0.1, 0.15) is 0 Å². The number of carbonyl (C=O) groups is 2. The minimum atomic E-state index is -0.411. The molecule has 0 aromatic heterocycles. The summed E-state index contributed by atoms with van der Waals surface area (Å²) in [5, 5.41) is 0. The zero-order valence-corrected chi connectivity index (χ0v) is 14.1. The summed E-state index contributed by atoms with van der Waals surface area (Å²) in [6, 6.07) is -0.411. The third kappa shape index (κ3) is 4.00. The monoisotopic (exact) mass is 309 g/mol. The predicted molar refractivity (Wildman–Crippen MR) is 87.2 cm³/mol. The number of hydrogen-bond donors (Lipinski definition) is 1. The SMILES string of the molecule is CC[C@@H](C)[C@@H](N)C(=O)N1CCN(C(=O)C2CCCCC2)CC1. The Hall–Kier alpha value is -1.10. The fourth-order valence-corrected chi connectivity index (χ4v) is 3.46. The molecule has 0 unspecified atom stereocenters. The average Bonchev–Trinajstić information content (AvgIpc) is 2.60. The van der Waals surface area contributed by atoms with Crippen molar-refractivity contribution in [1.29, 1.82) is 0 Å². The van der Waals surface area contributed by atoms with Crippen LogP contribution in [0.4, 0.5) is 0 Å². The summed E-state index contributed by atoms with van der Waals surface area (Å²) < 4.78 is 0. The second kappa shape index (κ2) is 7.95. The fourth-order valence-electron chi connectivity index (χ4n) is 3.46. The van der Waals surface area contributed by atoms with Crippen LogP contribution in [0.1, 0.15) is 52.4 Å². The van der Waals surface area contributed by atoms with Crippen LogP contribution in [-0.4, -0.2) is 53.8 Å². The van der Waals surface area contributed by atoms with E-state index in [1.807, 2.05) is 16.7 Å². The Labute approximate surface area is 134 Å². The van der Waals surface area contributed by atoms with Gasteiger partial charge in [0, 0.05) is 32.1 Å². The lowest BCUT2D eigenvalue weighted by Gasteiger charge is -2.38. The van der Waals surface area contributed by atoms with Crippen molar-refractivity contribution in [2.24, 2.45) is 17.6 Å². The number of nitrogens with two attached hydrogens (primary N) is 1. The lowest BCUT2D eigenvalue weighted by atomic mass is 9.88. The van der Waals surface area contributed by atoms with Gasteiger partial charge in [-0.3, -0.25) is 9.59 Å². The van der Waals surface area contributed by atoms with Gasteiger partial charge in [0.25, 0.3) is 0 Å². The Kier molecular flexibility index (Phi) is 6.24. The predicted octanol–water partition coefficient (Wildman–Crippen LogP) is 1.61. The van der Waals surface area contributed by atoms with Gasteiger partial charge >= 0.3 is 0 Å². The average molecular weight is 309 g/mol. The highest BCUT2D eigenvalue weighted by molar-refractivity contribution is 5.83. The summed E-state index contributed by atoms with van der Waals surface area (Å²) in [4.78, 5) is 28.7. The van der Waals surface area contributed by atoms with Gasteiger partial charge in [-0.2, -0.15) is 0 Å². The molecule has 5 nitrogen and oxygen atoms in total. The van der Waals surface area contributed by atoms with E-state index >= 15 is 0 Å². The standard InChI is InChI=1S/C17H31N3O2/c1-3-13(2)15(18)17(22)20-11-9-19(10-12-20)16(21)14-7-5-4-6-8-14/h13-15H,3-12,18H2,1-2H3/t13-,15-/m1/s1. The molecule has 2 amide bonds. The Morgan fingerprint density at radius 1 is 1.05 bits per heavy atom. The molecule has 0 radical (unpaired) electrons. The molecular weight excluding hydrogens is 278 g/mol. The molecule has 0 bridgehead atoms. The van der Waals surface area contributed by atoms with Crippen molar-refractivity contribution in [3.63, 3.8) is 0 Å². The molecule has 2 N–H and O–H groups in total. The minimum Gasteiger partial charge on any atom is -0.339 e. The highest BCUT2D eigenvalue weighted by Gasteiger charge is 2.31. The van der Waals surface area contributed by atoms with Crippen LogP contribution in [0.15, 0.2) is 0 Å². The largest absolute Gasteiger partial charge is 0.339 e. The van der Waals surface area contributed by atoms with E-state index in [4.69, 9.17) is 5.73 Å². The first kappa shape index (κ1) is 17.3. The van der Waals surface area contributed by atoms with Crippen molar-refractivity contribution in [2.45, 2.75) is 58.4 Å². The Bertz CT molecular complexity index is 363. The molecule has 5 heteroatoms. The van der Waals surface area contributed by atoms with Gasteiger partial charge in [0.05, 0.1) is 6.04 Å². The van der Waals surface area contributed by atoms with E-state index < -0.39 is 6.04 Å². The number of piperazine rings is 1. The molecule has 2 rings (SSSR count). The van der Waals surface area contributed by atoms with Gasteiger partial charge in [-0.25, -0.2) is 0 Å². The van der Waals surface area contributed by atoms with Crippen LogP contribution in [-0.2, 0) is 9.59 Å². The molecule has 1 saturated carbocycles. The molecular formula is C17H31N3O2. The van der Waals surface area contributed by atoms with Crippen molar-refractivity contribution in [1.82, 2.24) is 9.80 Å². The van der Waals surface area contributed by atoms with Crippen LogP contribution in [0.25, 0.3) is 0 Å². The van der Waals surface area contributed by atoms with E-state index in [0.29, 0.717) is 32.1 Å². The van der Waals surface area contributed by atoms with Gasteiger partial charge in [-0.15, -0.1) is 0 Å². The number of nitrogens with zero attached hydrogens (tertiary/aromatic N) is 2. The fraction of sp³-hybridized carbons (Fsp3) is 0.882. The normalized spacial score (nSPS) is 23.2. The number of amides is 2. The number of rotatable bonds is 4. The van der Waals surface area contributed by atoms with Crippen LogP contribution >= 0.6 is 0 Å². The second-order valence-electron chi connectivity index (χ2n) is 6.90. The first-order chi connectivity index (χ1) is 10.5. The van der Waals surface area contributed by atoms with Gasteiger partial charge in [0.2, 0.25) is 11.8 Å². The smallest absolute Gasteiger partial charge is 0.239 e. The molecule has 2 fully saturated rings. The molecule has 0 aromatic rings. The van der Waals surface area contributed by atoms with Gasteiger partial charge < -0.3 is 15.5 Å². The van der Waals surface area contributed by atoms with Crippen molar-refractivity contribution in [3.05, 3.63) is 0 Å². The van der Waals surface area contributed by atoms with Crippen molar-refractivity contribution >= 4 is 11.8 Å². The number of carbonyl (C=O) groups excluding carboxylic acids is 2. The van der Waals surface area contributed by atoms with E-state index in [0.717, 1.165) is 19.3 Å². The lowest BCUT2D eigenvalue weighted by Crippen LogP contribution is -2.56. The first-order valence-corrected chi connectivity index (χ1v) is 8.87. The lowest BCUT2D eigenvalue weighted by molar-refractivity contribution is -0.143. The highest BCUT2D eigenvalue weighted by Crippen LogP contribution is 2.26. The van der Waals surface area contributed by atoms with Crippen LogP contribution in [0.3, 0.4) is 0 Å². The second-order valence-corrected chi connectivity index (χ2v) is 6.90. The van der Waals surface area contributed by atoms with E-state index in [2.05, 4.69) is 6.92 Å². The molecule has 126 valence electrons. The van der Waals surface area contributed by atoms with Crippen LogP contribution in [0, 0.1) is 11.8 Å². The van der Waals surface area contributed by atoms with Crippen LogP contribution in [0.5, 0.6) is 0 Å². The third-order valence-electron chi connectivity index (χ3n) is 5.40. The van der Waals surface area contributed by atoms with Gasteiger partial charge in [0.15, 0.2) is 0 Å². The van der Waals surface area contributed by atoms with Gasteiger partial charge in [-0.05, 0) is 18.8 Å².